The van der Waals surface area contributed by atoms with Crippen LogP contribution in [0.4, 0.5) is 0 Å². The van der Waals surface area contributed by atoms with Crippen molar-refractivity contribution in [3.63, 3.8) is 0 Å². The predicted molar refractivity (Wildman–Crippen MR) is 59.2 cm³/mol. The third-order valence-corrected chi connectivity index (χ3v) is 4.01. The highest BCUT2D eigenvalue weighted by molar-refractivity contribution is 5.84. The van der Waals surface area contributed by atoms with E-state index in [1.807, 2.05) is 0 Å². The van der Waals surface area contributed by atoms with Crippen LogP contribution >= 0.6 is 0 Å². The molecule has 0 amide bonds. The second kappa shape index (κ2) is 3.78. The summed E-state index contributed by atoms with van der Waals surface area (Å²) in [6.07, 6.45) is 7.98. The fourth-order valence-electron chi connectivity index (χ4n) is 2.99. The van der Waals surface area contributed by atoms with Crippen LogP contribution in [0.1, 0.15) is 38.5 Å². The summed E-state index contributed by atoms with van der Waals surface area (Å²) >= 11 is 0. The molecule has 2 atom stereocenters. The van der Waals surface area contributed by atoms with Crippen LogP contribution < -0.4 is 0 Å². The zero-order valence-electron chi connectivity index (χ0n) is 9.24. The van der Waals surface area contributed by atoms with Gasteiger partial charge in [0.25, 0.3) is 0 Å². The summed E-state index contributed by atoms with van der Waals surface area (Å²) in [6.45, 7) is 1.78. The maximum absolute atomic E-state index is 8.19. The van der Waals surface area contributed by atoms with Crippen molar-refractivity contribution in [2.45, 2.75) is 50.7 Å². The van der Waals surface area contributed by atoms with Crippen LogP contribution in [-0.2, 0) is 4.74 Å². The Balaban J connectivity index is 1.72. The van der Waals surface area contributed by atoms with E-state index < -0.39 is 0 Å². The molecule has 0 aromatic heterocycles. The van der Waals surface area contributed by atoms with Crippen LogP contribution in [0.15, 0.2) is 0 Å². The van der Waals surface area contributed by atoms with Crippen LogP contribution in [0.3, 0.4) is 0 Å². The number of amidine groups is 1. The largest absolute Gasteiger partial charge is 0.374 e. The number of ether oxygens (including phenoxy) is 1. The lowest BCUT2D eigenvalue weighted by molar-refractivity contribution is -0.0648. The Kier molecular flexibility index (Phi) is 2.43. The van der Waals surface area contributed by atoms with E-state index >= 15 is 0 Å². The Morgan fingerprint density at radius 2 is 1.93 bits per heavy atom. The molecule has 3 heteroatoms. The van der Waals surface area contributed by atoms with Gasteiger partial charge in [0.2, 0.25) is 0 Å². The summed E-state index contributed by atoms with van der Waals surface area (Å²) in [7, 11) is 0. The van der Waals surface area contributed by atoms with Gasteiger partial charge in [-0.05, 0) is 25.7 Å². The van der Waals surface area contributed by atoms with Gasteiger partial charge in [-0.25, -0.2) is 0 Å². The van der Waals surface area contributed by atoms with Crippen LogP contribution in [0.2, 0.25) is 0 Å². The highest BCUT2D eigenvalue weighted by Gasteiger charge is 2.39. The van der Waals surface area contributed by atoms with Gasteiger partial charge in [-0.15, -0.1) is 0 Å². The molecular formula is C12H20N2O. The molecule has 1 N–H and O–H groups in total. The van der Waals surface area contributed by atoms with Crippen LogP contribution in [0.25, 0.3) is 0 Å². The maximum atomic E-state index is 8.19. The highest BCUT2D eigenvalue weighted by Crippen LogP contribution is 2.35. The minimum absolute atomic E-state index is 0.423. The van der Waals surface area contributed by atoms with Gasteiger partial charge in [-0.2, -0.15) is 0 Å². The SMILES string of the molecule is N=C(C1CC1)N1CCOC2CCCCC21. The van der Waals surface area contributed by atoms with Gasteiger partial charge in [0.1, 0.15) is 0 Å². The van der Waals surface area contributed by atoms with Crippen molar-refractivity contribution in [3.05, 3.63) is 0 Å². The fourth-order valence-corrected chi connectivity index (χ4v) is 2.99. The van der Waals surface area contributed by atoms with Gasteiger partial charge >= 0.3 is 0 Å². The molecule has 3 aliphatic rings. The molecule has 15 heavy (non-hydrogen) atoms. The van der Waals surface area contributed by atoms with E-state index in [2.05, 4.69) is 4.90 Å². The molecule has 3 fully saturated rings. The molecule has 84 valence electrons. The van der Waals surface area contributed by atoms with Crippen molar-refractivity contribution in [1.82, 2.24) is 4.90 Å². The van der Waals surface area contributed by atoms with E-state index in [1.165, 1.54) is 38.5 Å². The van der Waals surface area contributed by atoms with Crippen molar-refractivity contribution < 1.29 is 4.74 Å². The number of nitrogens with one attached hydrogen (secondary N) is 1. The molecule has 1 aliphatic heterocycles. The average molecular weight is 208 g/mol. The predicted octanol–water partition coefficient (Wildman–Crippen LogP) is 2.02. The lowest BCUT2D eigenvalue weighted by Crippen LogP contribution is -2.55. The molecule has 3 nitrogen and oxygen atoms in total. The first-order chi connectivity index (χ1) is 7.36. The average Bonchev–Trinajstić information content (AvgIpc) is 3.11. The second-order valence-electron chi connectivity index (χ2n) is 5.11. The van der Waals surface area contributed by atoms with Gasteiger partial charge in [0.05, 0.1) is 24.6 Å². The highest BCUT2D eigenvalue weighted by atomic mass is 16.5. The monoisotopic (exact) mass is 208 g/mol. The molecule has 2 aliphatic carbocycles. The molecular weight excluding hydrogens is 188 g/mol. The second-order valence-corrected chi connectivity index (χ2v) is 5.11. The van der Waals surface area contributed by atoms with Crippen molar-refractivity contribution in [3.8, 4) is 0 Å². The Hall–Kier alpha value is -0.570. The topological polar surface area (TPSA) is 36.3 Å². The van der Waals surface area contributed by atoms with Gasteiger partial charge in [0, 0.05) is 12.5 Å². The van der Waals surface area contributed by atoms with E-state index in [9.17, 15) is 0 Å². The fraction of sp³-hybridized carbons (Fsp3) is 0.917. The number of hydrogen-bond donors (Lipinski definition) is 1. The van der Waals surface area contributed by atoms with Crippen LogP contribution in [-0.4, -0.2) is 36.0 Å². The lowest BCUT2D eigenvalue weighted by atomic mass is 9.90. The Labute approximate surface area is 91.3 Å². The van der Waals surface area contributed by atoms with Crippen molar-refractivity contribution >= 4 is 5.84 Å². The smallest absolute Gasteiger partial charge is 0.0993 e. The number of rotatable bonds is 1. The molecule has 0 aromatic rings. The van der Waals surface area contributed by atoms with E-state index in [-0.39, 0.29) is 0 Å². The summed E-state index contributed by atoms with van der Waals surface area (Å²) < 4.78 is 5.82. The minimum Gasteiger partial charge on any atom is -0.374 e. The summed E-state index contributed by atoms with van der Waals surface area (Å²) in [5.41, 5.74) is 0. The summed E-state index contributed by atoms with van der Waals surface area (Å²) in [5, 5.41) is 8.19. The zero-order chi connectivity index (χ0) is 10.3. The number of morpholine rings is 1. The van der Waals surface area contributed by atoms with Gasteiger partial charge < -0.3 is 9.64 Å². The van der Waals surface area contributed by atoms with E-state index in [0.29, 0.717) is 18.1 Å². The third kappa shape index (κ3) is 1.78. The van der Waals surface area contributed by atoms with Crippen molar-refractivity contribution in [2.24, 2.45) is 5.92 Å². The normalized spacial score (nSPS) is 36.1. The van der Waals surface area contributed by atoms with Gasteiger partial charge in [0.15, 0.2) is 0 Å². The molecule has 0 radical (unpaired) electrons. The first-order valence-electron chi connectivity index (χ1n) is 6.33. The summed E-state index contributed by atoms with van der Waals surface area (Å²) in [4.78, 5) is 2.35. The number of nitrogens with zero attached hydrogens (tertiary/aromatic N) is 1. The molecule has 0 spiro atoms. The molecule has 0 bridgehead atoms. The Morgan fingerprint density at radius 1 is 1.13 bits per heavy atom. The first kappa shape index (κ1) is 9.64. The van der Waals surface area contributed by atoms with Gasteiger partial charge in [-0.1, -0.05) is 12.8 Å². The molecule has 1 saturated heterocycles. The first-order valence-corrected chi connectivity index (χ1v) is 6.33. The Morgan fingerprint density at radius 3 is 2.73 bits per heavy atom. The van der Waals surface area contributed by atoms with Crippen LogP contribution in [0.5, 0.6) is 0 Å². The van der Waals surface area contributed by atoms with E-state index in [1.54, 1.807) is 0 Å². The Bertz CT molecular complexity index is 260. The third-order valence-electron chi connectivity index (χ3n) is 4.01. The van der Waals surface area contributed by atoms with Gasteiger partial charge in [-0.3, -0.25) is 5.41 Å². The number of hydrogen-bond acceptors (Lipinski definition) is 2. The quantitative estimate of drug-likeness (QED) is 0.528. The van der Waals surface area contributed by atoms with Crippen molar-refractivity contribution in [1.29, 1.82) is 5.41 Å². The lowest BCUT2D eigenvalue weighted by Gasteiger charge is -2.45. The standard InChI is InChI=1S/C12H20N2O/c13-12(9-5-6-9)14-7-8-15-11-4-2-1-3-10(11)14/h9-11,13H,1-8H2. The molecule has 2 unspecified atom stereocenters. The summed E-state index contributed by atoms with van der Waals surface area (Å²) in [5.74, 6) is 1.50. The van der Waals surface area contributed by atoms with E-state index in [0.717, 1.165) is 19.0 Å². The molecule has 2 saturated carbocycles. The minimum atomic E-state index is 0.423. The zero-order valence-corrected chi connectivity index (χ0v) is 9.24. The molecule has 3 rings (SSSR count). The maximum Gasteiger partial charge on any atom is 0.0993 e. The molecule has 1 heterocycles. The summed E-state index contributed by atoms with van der Waals surface area (Å²) in [6, 6.07) is 0.528. The number of fused-ring (bicyclic) bond motifs is 1. The van der Waals surface area contributed by atoms with Crippen LogP contribution in [0, 0.1) is 11.3 Å². The van der Waals surface area contributed by atoms with E-state index in [4.69, 9.17) is 10.1 Å². The molecule has 0 aromatic carbocycles. The van der Waals surface area contributed by atoms with Crippen molar-refractivity contribution in [2.75, 3.05) is 13.2 Å².